The van der Waals surface area contributed by atoms with Crippen molar-refractivity contribution in [2.45, 2.75) is 11.4 Å². The van der Waals surface area contributed by atoms with Gasteiger partial charge >= 0.3 is 12.0 Å². The number of nitrogens with one attached hydrogen (secondary N) is 2. The number of rotatable bonds is 7. The SMILES string of the molecule is O=C(OCC(=O)N1CCNC1=O)c1cccc(S(=O)(=O)NCc2ccccc2)c1. The van der Waals surface area contributed by atoms with Crippen LogP contribution in [-0.4, -0.2) is 50.9 Å². The summed E-state index contributed by atoms with van der Waals surface area (Å²) in [6.45, 7) is 0.0319. The minimum Gasteiger partial charge on any atom is -0.452 e. The highest BCUT2D eigenvalue weighted by atomic mass is 32.2. The average Bonchev–Trinajstić information content (AvgIpc) is 3.17. The van der Waals surface area contributed by atoms with E-state index in [1.54, 1.807) is 24.3 Å². The number of ether oxygens (including phenoxy) is 1. The summed E-state index contributed by atoms with van der Waals surface area (Å²) in [7, 11) is -3.85. The van der Waals surface area contributed by atoms with Crippen molar-refractivity contribution in [2.75, 3.05) is 19.7 Å². The number of hydrogen-bond donors (Lipinski definition) is 2. The largest absolute Gasteiger partial charge is 0.452 e. The Bertz CT molecular complexity index is 1020. The Kier molecular flexibility index (Phi) is 6.25. The lowest BCUT2D eigenvalue weighted by Crippen LogP contribution is -2.37. The van der Waals surface area contributed by atoms with Crippen LogP contribution in [0.2, 0.25) is 0 Å². The summed E-state index contributed by atoms with van der Waals surface area (Å²) in [6, 6.07) is 13.8. The summed E-state index contributed by atoms with van der Waals surface area (Å²) >= 11 is 0. The highest BCUT2D eigenvalue weighted by molar-refractivity contribution is 7.89. The Labute approximate surface area is 167 Å². The first-order chi connectivity index (χ1) is 13.9. The summed E-state index contributed by atoms with van der Waals surface area (Å²) in [5.41, 5.74) is 0.766. The van der Waals surface area contributed by atoms with Crippen molar-refractivity contribution in [2.24, 2.45) is 0 Å². The minimum atomic E-state index is -3.85. The maximum absolute atomic E-state index is 12.5. The molecule has 1 aliphatic heterocycles. The fourth-order valence-electron chi connectivity index (χ4n) is 2.65. The maximum Gasteiger partial charge on any atom is 0.338 e. The molecule has 1 heterocycles. The van der Waals surface area contributed by atoms with Crippen LogP contribution in [0.5, 0.6) is 0 Å². The second kappa shape index (κ2) is 8.84. The molecule has 0 radical (unpaired) electrons. The van der Waals surface area contributed by atoms with Crippen LogP contribution in [0.1, 0.15) is 15.9 Å². The van der Waals surface area contributed by atoms with E-state index in [0.717, 1.165) is 10.5 Å². The van der Waals surface area contributed by atoms with Gasteiger partial charge in [-0.3, -0.25) is 9.69 Å². The number of esters is 1. The van der Waals surface area contributed by atoms with Gasteiger partial charge in [-0.15, -0.1) is 0 Å². The third kappa shape index (κ3) is 5.18. The van der Waals surface area contributed by atoms with Crippen LogP contribution in [0.15, 0.2) is 59.5 Å². The quantitative estimate of drug-likeness (QED) is 0.645. The predicted octanol–water partition coefficient (Wildman–Crippen LogP) is 0.874. The molecule has 1 saturated heterocycles. The van der Waals surface area contributed by atoms with E-state index in [4.69, 9.17) is 4.74 Å². The van der Waals surface area contributed by atoms with E-state index >= 15 is 0 Å². The molecule has 1 fully saturated rings. The zero-order valence-electron chi connectivity index (χ0n) is 15.3. The molecular weight excluding hydrogens is 398 g/mol. The first-order valence-electron chi connectivity index (χ1n) is 8.76. The van der Waals surface area contributed by atoms with Crippen molar-refractivity contribution in [3.05, 3.63) is 65.7 Å². The number of amides is 3. The Morgan fingerprint density at radius 3 is 2.55 bits per heavy atom. The molecule has 9 nitrogen and oxygen atoms in total. The monoisotopic (exact) mass is 417 g/mol. The van der Waals surface area contributed by atoms with Crippen LogP contribution in [0.25, 0.3) is 0 Å². The van der Waals surface area contributed by atoms with Gasteiger partial charge in [0.2, 0.25) is 10.0 Å². The number of carbonyl (C=O) groups is 3. The van der Waals surface area contributed by atoms with Crippen LogP contribution in [0, 0.1) is 0 Å². The molecule has 1 aliphatic rings. The highest BCUT2D eigenvalue weighted by Gasteiger charge is 2.27. The topological polar surface area (TPSA) is 122 Å². The minimum absolute atomic E-state index is 0.0220. The smallest absolute Gasteiger partial charge is 0.338 e. The molecular formula is C19H19N3O6S. The molecule has 29 heavy (non-hydrogen) atoms. The molecule has 0 aliphatic carbocycles. The summed E-state index contributed by atoms with van der Waals surface area (Å²) in [5, 5.41) is 2.47. The Hall–Kier alpha value is -3.24. The van der Waals surface area contributed by atoms with Crippen molar-refractivity contribution >= 4 is 27.9 Å². The molecule has 2 aromatic carbocycles. The van der Waals surface area contributed by atoms with Crippen molar-refractivity contribution in [3.63, 3.8) is 0 Å². The summed E-state index contributed by atoms with van der Waals surface area (Å²) in [4.78, 5) is 36.4. The molecule has 0 spiro atoms. The summed E-state index contributed by atoms with van der Waals surface area (Å²) in [6.07, 6.45) is 0. The number of urea groups is 1. The second-order valence-corrected chi connectivity index (χ2v) is 7.96. The molecule has 2 aromatic rings. The molecule has 10 heteroatoms. The number of hydrogen-bond acceptors (Lipinski definition) is 6. The van der Waals surface area contributed by atoms with Crippen LogP contribution < -0.4 is 10.0 Å². The van der Waals surface area contributed by atoms with E-state index < -0.39 is 34.5 Å². The number of imide groups is 1. The van der Waals surface area contributed by atoms with Crippen molar-refractivity contribution in [3.8, 4) is 0 Å². The normalized spacial score (nSPS) is 13.8. The number of benzene rings is 2. The van der Waals surface area contributed by atoms with E-state index in [1.807, 2.05) is 6.07 Å². The summed E-state index contributed by atoms with van der Waals surface area (Å²) < 4.78 is 32.4. The molecule has 0 atom stereocenters. The van der Waals surface area contributed by atoms with Crippen LogP contribution in [0.3, 0.4) is 0 Å². The standard InChI is InChI=1S/C19H19N3O6S/c23-17(22-10-9-20-19(22)25)13-28-18(24)15-7-4-8-16(11-15)29(26,27)21-12-14-5-2-1-3-6-14/h1-8,11,21H,9-10,12-13H2,(H,20,25). The molecule has 2 N–H and O–H groups in total. The van der Waals surface area contributed by atoms with Gasteiger partial charge in [-0.25, -0.2) is 22.7 Å². The van der Waals surface area contributed by atoms with Gasteiger partial charge in [0.25, 0.3) is 5.91 Å². The van der Waals surface area contributed by atoms with Crippen molar-refractivity contribution < 1.29 is 27.5 Å². The Morgan fingerprint density at radius 2 is 1.86 bits per heavy atom. The van der Waals surface area contributed by atoms with E-state index in [1.165, 1.54) is 24.3 Å². The Balaban J connectivity index is 1.62. The van der Waals surface area contributed by atoms with Crippen LogP contribution in [-0.2, 0) is 26.1 Å². The van der Waals surface area contributed by atoms with Gasteiger partial charge in [-0.2, -0.15) is 0 Å². The zero-order valence-corrected chi connectivity index (χ0v) is 16.1. The predicted molar refractivity (Wildman–Crippen MR) is 102 cm³/mol. The number of sulfonamides is 1. The highest BCUT2D eigenvalue weighted by Crippen LogP contribution is 2.13. The van der Waals surface area contributed by atoms with Gasteiger partial charge in [0.05, 0.1) is 10.5 Å². The lowest BCUT2D eigenvalue weighted by Gasteiger charge is -2.12. The van der Waals surface area contributed by atoms with Crippen molar-refractivity contribution in [1.82, 2.24) is 14.9 Å². The van der Waals surface area contributed by atoms with E-state index in [-0.39, 0.29) is 23.5 Å². The summed E-state index contributed by atoms with van der Waals surface area (Å²) in [5.74, 6) is -1.51. The van der Waals surface area contributed by atoms with Gasteiger partial charge in [-0.05, 0) is 23.8 Å². The molecule has 152 valence electrons. The van der Waals surface area contributed by atoms with E-state index in [2.05, 4.69) is 10.0 Å². The molecule has 0 aromatic heterocycles. The van der Waals surface area contributed by atoms with Gasteiger partial charge in [-0.1, -0.05) is 36.4 Å². The van der Waals surface area contributed by atoms with Crippen LogP contribution >= 0.6 is 0 Å². The maximum atomic E-state index is 12.5. The molecule has 0 bridgehead atoms. The Morgan fingerprint density at radius 1 is 1.10 bits per heavy atom. The lowest BCUT2D eigenvalue weighted by molar-refractivity contribution is -0.130. The molecule has 0 unspecified atom stereocenters. The second-order valence-electron chi connectivity index (χ2n) is 6.19. The van der Waals surface area contributed by atoms with E-state index in [9.17, 15) is 22.8 Å². The number of nitrogens with zero attached hydrogens (tertiary/aromatic N) is 1. The van der Waals surface area contributed by atoms with Gasteiger partial charge < -0.3 is 10.1 Å². The molecule has 0 saturated carbocycles. The first kappa shape index (κ1) is 20.5. The van der Waals surface area contributed by atoms with Crippen LogP contribution in [0.4, 0.5) is 4.79 Å². The number of carbonyl (C=O) groups excluding carboxylic acids is 3. The molecule has 3 amide bonds. The zero-order chi connectivity index (χ0) is 20.9. The third-order valence-corrected chi connectivity index (χ3v) is 5.57. The van der Waals surface area contributed by atoms with Gasteiger partial charge in [0, 0.05) is 19.6 Å². The fraction of sp³-hybridized carbons (Fsp3) is 0.211. The lowest BCUT2D eigenvalue weighted by atomic mass is 10.2. The third-order valence-electron chi connectivity index (χ3n) is 4.17. The van der Waals surface area contributed by atoms with Gasteiger partial charge in [0.15, 0.2) is 6.61 Å². The average molecular weight is 417 g/mol. The fourth-order valence-corrected chi connectivity index (χ4v) is 3.71. The molecule has 3 rings (SSSR count). The van der Waals surface area contributed by atoms with E-state index in [0.29, 0.717) is 6.54 Å². The first-order valence-corrected chi connectivity index (χ1v) is 10.2. The van der Waals surface area contributed by atoms with Crippen molar-refractivity contribution in [1.29, 1.82) is 0 Å². The van der Waals surface area contributed by atoms with Gasteiger partial charge in [0.1, 0.15) is 0 Å².